The molecule has 1 aliphatic rings. The number of rotatable bonds is 11. The first-order chi connectivity index (χ1) is 15.9. The van der Waals surface area contributed by atoms with Gasteiger partial charge in [0.1, 0.15) is 12.6 Å². The second kappa shape index (κ2) is 11.5. The number of hydrogen-bond donors (Lipinski definition) is 2. The summed E-state index contributed by atoms with van der Waals surface area (Å²) in [5.41, 5.74) is 4.58. The molecule has 1 aliphatic carbocycles. The number of hydrogen-bond acceptors (Lipinski definition) is 4. The summed E-state index contributed by atoms with van der Waals surface area (Å²) < 4.78 is 5.59. The van der Waals surface area contributed by atoms with Crippen LogP contribution in [-0.4, -0.2) is 54.2 Å². The van der Waals surface area contributed by atoms with Gasteiger partial charge in [-0.05, 0) is 41.5 Å². The third kappa shape index (κ3) is 6.12. The molecule has 0 unspecified atom stereocenters. The highest BCUT2D eigenvalue weighted by Gasteiger charge is 2.30. The summed E-state index contributed by atoms with van der Waals surface area (Å²) in [6.07, 6.45) is 1.81. The molecule has 2 aromatic carbocycles. The van der Waals surface area contributed by atoms with Crippen molar-refractivity contribution in [3.05, 3.63) is 59.7 Å². The van der Waals surface area contributed by atoms with E-state index in [0.717, 1.165) is 28.7 Å². The van der Waals surface area contributed by atoms with Crippen LogP contribution in [0, 0.1) is 0 Å². The predicted molar refractivity (Wildman–Crippen MR) is 126 cm³/mol. The Morgan fingerprint density at radius 1 is 1.03 bits per heavy atom. The summed E-state index contributed by atoms with van der Waals surface area (Å²) >= 11 is 0. The molecule has 0 saturated heterocycles. The Bertz CT molecular complexity index is 945. The SMILES string of the molecule is CCC[C@@H](NC(=O)OCC1c2ccccc2-c2ccccc21)C(=O)N(C)CCCCC(=O)O. The Balaban J connectivity index is 1.57. The third-order valence-electron chi connectivity index (χ3n) is 6.02. The molecule has 33 heavy (non-hydrogen) atoms. The van der Waals surface area contributed by atoms with E-state index in [1.165, 1.54) is 0 Å². The van der Waals surface area contributed by atoms with E-state index >= 15 is 0 Å². The number of benzene rings is 2. The largest absolute Gasteiger partial charge is 0.481 e. The lowest BCUT2D eigenvalue weighted by atomic mass is 9.98. The Labute approximate surface area is 194 Å². The number of carbonyl (C=O) groups excluding carboxylic acids is 2. The molecule has 0 saturated carbocycles. The summed E-state index contributed by atoms with van der Waals surface area (Å²) in [5, 5.41) is 11.5. The van der Waals surface area contributed by atoms with Crippen LogP contribution >= 0.6 is 0 Å². The van der Waals surface area contributed by atoms with Crippen LogP contribution < -0.4 is 5.32 Å². The van der Waals surface area contributed by atoms with Gasteiger partial charge in [-0.2, -0.15) is 0 Å². The van der Waals surface area contributed by atoms with Crippen molar-refractivity contribution in [2.24, 2.45) is 0 Å². The molecule has 1 atom stereocenters. The van der Waals surface area contributed by atoms with E-state index in [1.807, 2.05) is 31.2 Å². The zero-order valence-electron chi connectivity index (χ0n) is 19.3. The van der Waals surface area contributed by atoms with Crippen molar-refractivity contribution >= 4 is 18.0 Å². The molecule has 0 fully saturated rings. The van der Waals surface area contributed by atoms with Crippen LogP contribution in [0.15, 0.2) is 48.5 Å². The Morgan fingerprint density at radius 2 is 1.64 bits per heavy atom. The Kier molecular flexibility index (Phi) is 8.46. The van der Waals surface area contributed by atoms with Crippen LogP contribution in [0.4, 0.5) is 4.79 Å². The quantitative estimate of drug-likeness (QED) is 0.493. The van der Waals surface area contributed by atoms with Crippen LogP contribution in [0.3, 0.4) is 0 Å². The van der Waals surface area contributed by atoms with Crippen molar-refractivity contribution < 1.29 is 24.2 Å². The highest BCUT2D eigenvalue weighted by molar-refractivity contribution is 5.85. The molecule has 2 aromatic rings. The van der Waals surface area contributed by atoms with E-state index in [2.05, 4.69) is 29.6 Å². The summed E-state index contributed by atoms with van der Waals surface area (Å²) in [5.74, 6) is -1.08. The molecular weight excluding hydrogens is 420 g/mol. The van der Waals surface area contributed by atoms with Gasteiger partial charge in [-0.25, -0.2) is 4.79 Å². The topological polar surface area (TPSA) is 95.9 Å². The van der Waals surface area contributed by atoms with Gasteiger partial charge in [0.25, 0.3) is 0 Å². The first-order valence-corrected chi connectivity index (χ1v) is 11.5. The minimum Gasteiger partial charge on any atom is -0.481 e. The van der Waals surface area contributed by atoms with Crippen molar-refractivity contribution in [1.82, 2.24) is 10.2 Å². The highest BCUT2D eigenvalue weighted by atomic mass is 16.5. The van der Waals surface area contributed by atoms with Crippen LogP contribution in [0.5, 0.6) is 0 Å². The molecule has 7 heteroatoms. The molecule has 0 aromatic heterocycles. The molecule has 3 rings (SSSR count). The fourth-order valence-electron chi connectivity index (χ4n) is 4.33. The number of carboxylic acids is 1. The molecule has 0 radical (unpaired) electrons. The van der Waals surface area contributed by atoms with Gasteiger partial charge in [-0.3, -0.25) is 9.59 Å². The number of carboxylic acid groups (broad SMARTS) is 1. The molecule has 176 valence electrons. The van der Waals surface area contributed by atoms with Crippen LogP contribution in [0.2, 0.25) is 0 Å². The average molecular weight is 453 g/mol. The van der Waals surface area contributed by atoms with Gasteiger partial charge in [0.15, 0.2) is 0 Å². The lowest BCUT2D eigenvalue weighted by molar-refractivity contribution is -0.137. The molecule has 2 amide bonds. The van der Waals surface area contributed by atoms with Crippen molar-refractivity contribution in [3.63, 3.8) is 0 Å². The number of amides is 2. The summed E-state index contributed by atoms with van der Waals surface area (Å²) in [6, 6.07) is 15.6. The number of ether oxygens (including phenoxy) is 1. The summed E-state index contributed by atoms with van der Waals surface area (Å²) in [7, 11) is 1.67. The number of alkyl carbamates (subject to hydrolysis) is 1. The molecule has 7 nitrogen and oxygen atoms in total. The van der Waals surface area contributed by atoms with Crippen molar-refractivity contribution in [1.29, 1.82) is 0 Å². The van der Waals surface area contributed by atoms with Gasteiger partial charge in [-0.15, -0.1) is 0 Å². The standard InChI is InChI=1S/C26H32N2O5/c1-3-10-23(25(31)28(2)16-9-8-15-24(29)30)27-26(32)33-17-22-20-13-6-4-11-18(20)19-12-5-7-14-21(19)22/h4-7,11-14,22-23H,3,8-10,15-17H2,1-2H3,(H,27,32)(H,29,30)/t23-/m1/s1. The van der Waals surface area contributed by atoms with Crippen LogP contribution in [0.25, 0.3) is 11.1 Å². The summed E-state index contributed by atoms with van der Waals surface area (Å²) in [6.45, 7) is 2.59. The summed E-state index contributed by atoms with van der Waals surface area (Å²) in [4.78, 5) is 37.6. The zero-order chi connectivity index (χ0) is 23.8. The number of carbonyl (C=O) groups is 3. The normalized spacial score (nSPS) is 13.0. The maximum Gasteiger partial charge on any atom is 0.407 e. The number of nitrogens with zero attached hydrogens (tertiary/aromatic N) is 1. The molecule has 2 N–H and O–H groups in total. The van der Waals surface area contributed by atoms with Crippen LogP contribution in [-0.2, 0) is 14.3 Å². The second-order valence-corrected chi connectivity index (χ2v) is 8.42. The number of fused-ring (bicyclic) bond motifs is 3. The molecular formula is C26H32N2O5. The fourth-order valence-corrected chi connectivity index (χ4v) is 4.33. The zero-order valence-corrected chi connectivity index (χ0v) is 19.3. The molecule has 0 heterocycles. The third-order valence-corrected chi connectivity index (χ3v) is 6.02. The van der Waals surface area contributed by atoms with E-state index in [-0.39, 0.29) is 24.9 Å². The van der Waals surface area contributed by atoms with E-state index < -0.39 is 18.1 Å². The molecule has 0 bridgehead atoms. The number of aliphatic carboxylic acids is 1. The Hall–Kier alpha value is -3.35. The second-order valence-electron chi connectivity index (χ2n) is 8.42. The van der Waals surface area contributed by atoms with E-state index in [1.54, 1.807) is 11.9 Å². The minimum absolute atomic E-state index is 0.0413. The fraction of sp³-hybridized carbons (Fsp3) is 0.423. The highest BCUT2D eigenvalue weighted by Crippen LogP contribution is 2.44. The van der Waals surface area contributed by atoms with Gasteiger partial charge in [-0.1, -0.05) is 61.9 Å². The smallest absolute Gasteiger partial charge is 0.407 e. The number of nitrogens with one attached hydrogen (secondary N) is 1. The van der Waals surface area contributed by atoms with E-state index in [9.17, 15) is 14.4 Å². The van der Waals surface area contributed by atoms with Crippen LogP contribution in [0.1, 0.15) is 56.1 Å². The maximum absolute atomic E-state index is 12.8. The van der Waals surface area contributed by atoms with Crippen molar-refractivity contribution in [3.8, 4) is 11.1 Å². The first-order valence-electron chi connectivity index (χ1n) is 11.5. The van der Waals surface area contributed by atoms with E-state index in [0.29, 0.717) is 25.8 Å². The van der Waals surface area contributed by atoms with Gasteiger partial charge >= 0.3 is 12.1 Å². The van der Waals surface area contributed by atoms with Crippen molar-refractivity contribution in [2.75, 3.05) is 20.2 Å². The first kappa shape index (κ1) is 24.3. The molecule has 0 spiro atoms. The predicted octanol–water partition coefficient (Wildman–Crippen LogP) is 4.41. The van der Waals surface area contributed by atoms with Gasteiger partial charge in [0.2, 0.25) is 5.91 Å². The van der Waals surface area contributed by atoms with Gasteiger partial charge in [0, 0.05) is 25.9 Å². The van der Waals surface area contributed by atoms with Crippen molar-refractivity contribution in [2.45, 2.75) is 51.0 Å². The number of likely N-dealkylation sites (N-methyl/N-ethyl adjacent to an activating group) is 1. The Morgan fingerprint density at radius 3 is 2.21 bits per heavy atom. The monoisotopic (exact) mass is 452 g/mol. The average Bonchev–Trinajstić information content (AvgIpc) is 3.13. The maximum atomic E-state index is 12.8. The lowest BCUT2D eigenvalue weighted by Gasteiger charge is -2.24. The van der Waals surface area contributed by atoms with Gasteiger partial charge < -0.3 is 20.1 Å². The number of unbranched alkanes of at least 4 members (excludes halogenated alkanes) is 1. The lowest BCUT2D eigenvalue weighted by Crippen LogP contribution is -2.47. The molecule has 0 aliphatic heterocycles. The van der Waals surface area contributed by atoms with E-state index in [4.69, 9.17) is 9.84 Å². The minimum atomic E-state index is -0.843. The van der Waals surface area contributed by atoms with Gasteiger partial charge in [0.05, 0.1) is 0 Å².